The van der Waals surface area contributed by atoms with Gasteiger partial charge >= 0.3 is 5.97 Å². The Morgan fingerprint density at radius 3 is 2.65 bits per heavy atom. The van der Waals surface area contributed by atoms with Crippen LogP contribution in [0, 0.1) is 3.57 Å². The Bertz CT molecular complexity index is 915. The van der Waals surface area contributed by atoms with Gasteiger partial charge in [0.2, 0.25) is 0 Å². The van der Waals surface area contributed by atoms with Crippen molar-refractivity contribution in [3.8, 4) is 5.75 Å². The zero-order chi connectivity index (χ0) is 18.7. The van der Waals surface area contributed by atoms with Crippen LogP contribution < -0.4 is 9.64 Å². The number of nitrogens with zero attached hydrogens (tertiary/aromatic N) is 1. The molecule has 1 heterocycles. The molecule has 0 saturated carbocycles. The molecular weight excluding hydrogens is 485 g/mol. The van der Waals surface area contributed by atoms with E-state index in [9.17, 15) is 9.59 Å². The van der Waals surface area contributed by atoms with Crippen molar-refractivity contribution >= 4 is 74.5 Å². The molecule has 2 aromatic rings. The van der Waals surface area contributed by atoms with Gasteiger partial charge in [-0.05, 0) is 58.5 Å². The molecule has 1 fully saturated rings. The number of amides is 1. The van der Waals surface area contributed by atoms with Crippen molar-refractivity contribution in [2.24, 2.45) is 0 Å². The Morgan fingerprint density at radius 1 is 1.27 bits per heavy atom. The summed E-state index contributed by atoms with van der Waals surface area (Å²) >= 11 is 8.67. The Morgan fingerprint density at radius 2 is 2.00 bits per heavy atom. The second kappa shape index (κ2) is 8.19. The van der Waals surface area contributed by atoms with E-state index in [2.05, 4.69) is 22.6 Å². The number of carbonyl (C=O) groups excluding carboxylic acids is 1. The highest BCUT2D eigenvalue weighted by molar-refractivity contribution is 14.1. The molecule has 0 aromatic heterocycles. The van der Waals surface area contributed by atoms with Gasteiger partial charge in [0.25, 0.3) is 5.91 Å². The van der Waals surface area contributed by atoms with Crippen LogP contribution in [-0.4, -0.2) is 27.9 Å². The summed E-state index contributed by atoms with van der Waals surface area (Å²) in [6, 6.07) is 14.6. The summed E-state index contributed by atoms with van der Waals surface area (Å²) in [5.41, 5.74) is 1.55. The molecular formula is C18H12INO4S2. The lowest BCUT2D eigenvalue weighted by Crippen LogP contribution is -2.27. The zero-order valence-electron chi connectivity index (χ0n) is 13.2. The predicted octanol–water partition coefficient (Wildman–Crippen LogP) is 4.16. The number of thioether (sulfide) groups is 1. The highest BCUT2D eigenvalue weighted by atomic mass is 127. The first-order chi connectivity index (χ1) is 12.5. The van der Waals surface area contributed by atoms with Gasteiger partial charge < -0.3 is 9.84 Å². The van der Waals surface area contributed by atoms with E-state index in [0.29, 0.717) is 15.0 Å². The molecule has 2 aromatic carbocycles. The van der Waals surface area contributed by atoms with Gasteiger partial charge in [-0.1, -0.05) is 48.2 Å². The summed E-state index contributed by atoms with van der Waals surface area (Å²) in [5, 5.41) is 8.69. The van der Waals surface area contributed by atoms with Gasteiger partial charge in [0, 0.05) is 0 Å². The molecule has 0 aliphatic carbocycles. The number of hydrogen-bond donors (Lipinski definition) is 1. The lowest BCUT2D eigenvalue weighted by Gasteiger charge is -2.13. The molecule has 0 atom stereocenters. The highest BCUT2D eigenvalue weighted by Gasteiger charge is 2.33. The molecule has 1 N–H and O–H groups in total. The summed E-state index contributed by atoms with van der Waals surface area (Å²) < 4.78 is 6.46. The molecule has 8 heteroatoms. The van der Waals surface area contributed by atoms with Gasteiger partial charge in [0.05, 0.1) is 14.2 Å². The van der Waals surface area contributed by atoms with Gasteiger partial charge in [-0.2, -0.15) is 0 Å². The maximum absolute atomic E-state index is 12.7. The third-order valence-corrected chi connectivity index (χ3v) is 5.56. The fraction of sp³-hybridized carbons (Fsp3) is 0.0556. The minimum atomic E-state index is -1.03. The van der Waals surface area contributed by atoms with Crippen molar-refractivity contribution in [2.75, 3.05) is 11.5 Å². The molecule has 5 nitrogen and oxygen atoms in total. The Labute approximate surface area is 173 Å². The minimum absolute atomic E-state index is 0.160. The predicted molar refractivity (Wildman–Crippen MR) is 114 cm³/mol. The summed E-state index contributed by atoms with van der Waals surface area (Å²) in [5.74, 6) is -0.705. The lowest BCUT2D eigenvalue weighted by atomic mass is 10.2. The van der Waals surface area contributed by atoms with Gasteiger partial charge in [-0.25, -0.2) is 4.79 Å². The fourth-order valence-corrected chi connectivity index (χ4v) is 4.28. The van der Waals surface area contributed by atoms with E-state index in [4.69, 9.17) is 22.1 Å². The smallest absolute Gasteiger partial charge is 0.341 e. The molecule has 0 spiro atoms. The van der Waals surface area contributed by atoms with Crippen LogP contribution in [0.5, 0.6) is 5.75 Å². The van der Waals surface area contributed by atoms with Crippen molar-refractivity contribution in [1.82, 2.24) is 0 Å². The topological polar surface area (TPSA) is 66.8 Å². The lowest BCUT2D eigenvalue weighted by molar-refractivity contribution is -0.139. The standard InChI is InChI=1S/C18H12INO4S2/c19-13-8-11(6-7-14(13)24-10-16(21)22)9-15-17(23)20(18(25)26-15)12-4-2-1-3-5-12/h1-9H,10H2,(H,21,22)/b15-9+. The van der Waals surface area contributed by atoms with Crippen LogP contribution in [0.2, 0.25) is 0 Å². The maximum Gasteiger partial charge on any atom is 0.341 e. The summed E-state index contributed by atoms with van der Waals surface area (Å²) in [4.78, 5) is 25.4. The van der Waals surface area contributed by atoms with Crippen LogP contribution in [-0.2, 0) is 9.59 Å². The molecule has 3 rings (SSSR count). The van der Waals surface area contributed by atoms with E-state index in [0.717, 1.165) is 14.8 Å². The summed E-state index contributed by atoms with van der Waals surface area (Å²) in [6.07, 6.45) is 1.77. The number of ether oxygens (including phenoxy) is 1. The van der Waals surface area contributed by atoms with Crippen molar-refractivity contribution < 1.29 is 19.4 Å². The summed E-state index contributed by atoms with van der Waals surface area (Å²) in [7, 11) is 0. The van der Waals surface area contributed by atoms with E-state index in [1.54, 1.807) is 18.2 Å². The Balaban J connectivity index is 1.82. The molecule has 1 amide bonds. The third-order valence-electron chi connectivity index (χ3n) is 3.41. The fourth-order valence-electron chi connectivity index (χ4n) is 2.28. The molecule has 26 heavy (non-hydrogen) atoms. The zero-order valence-corrected chi connectivity index (χ0v) is 17.0. The second-order valence-corrected chi connectivity index (χ2v) is 8.06. The summed E-state index contributed by atoms with van der Waals surface area (Å²) in [6.45, 7) is -0.398. The normalized spacial score (nSPS) is 15.6. The quantitative estimate of drug-likeness (QED) is 0.380. The number of carboxylic acids is 1. The Kier molecular flexibility index (Phi) is 5.94. The van der Waals surface area contributed by atoms with Gasteiger partial charge in [0.15, 0.2) is 10.9 Å². The van der Waals surface area contributed by atoms with Crippen molar-refractivity contribution in [1.29, 1.82) is 0 Å². The number of rotatable bonds is 5. The molecule has 0 radical (unpaired) electrons. The van der Waals surface area contributed by atoms with Gasteiger partial charge in [-0.15, -0.1) is 0 Å². The molecule has 1 saturated heterocycles. The molecule has 1 aliphatic heterocycles. The van der Waals surface area contributed by atoms with E-state index in [-0.39, 0.29) is 5.91 Å². The van der Waals surface area contributed by atoms with E-state index < -0.39 is 12.6 Å². The number of carbonyl (C=O) groups is 2. The monoisotopic (exact) mass is 497 g/mol. The maximum atomic E-state index is 12.7. The molecule has 0 unspecified atom stereocenters. The average molecular weight is 497 g/mol. The molecule has 1 aliphatic rings. The number of para-hydroxylation sites is 1. The Hall–Kier alpha value is -1.91. The first-order valence-corrected chi connectivity index (χ1v) is 9.73. The molecule has 132 valence electrons. The number of thiocarbonyl (C=S) groups is 1. The van der Waals surface area contributed by atoms with Gasteiger partial charge in [0.1, 0.15) is 5.75 Å². The van der Waals surface area contributed by atoms with Gasteiger partial charge in [-0.3, -0.25) is 9.69 Å². The van der Waals surface area contributed by atoms with E-state index in [1.807, 2.05) is 36.4 Å². The average Bonchev–Trinajstić information content (AvgIpc) is 2.88. The van der Waals surface area contributed by atoms with Crippen molar-refractivity contribution in [3.05, 3.63) is 62.6 Å². The van der Waals surface area contributed by atoms with Crippen LogP contribution in [0.4, 0.5) is 5.69 Å². The van der Waals surface area contributed by atoms with Crippen LogP contribution in [0.3, 0.4) is 0 Å². The van der Waals surface area contributed by atoms with Crippen LogP contribution >= 0.6 is 46.6 Å². The SMILES string of the molecule is O=C(O)COc1ccc(/C=C2/SC(=S)N(c3ccccc3)C2=O)cc1I. The number of hydrogen-bond acceptors (Lipinski definition) is 5. The van der Waals surface area contributed by atoms with Crippen LogP contribution in [0.1, 0.15) is 5.56 Å². The number of carboxylic acid groups (broad SMARTS) is 1. The second-order valence-electron chi connectivity index (χ2n) is 5.22. The molecule has 0 bridgehead atoms. The number of anilines is 1. The highest BCUT2D eigenvalue weighted by Crippen LogP contribution is 2.36. The largest absolute Gasteiger partial charge is 0.481 e. The van der Waals surface area contributed by atoms with Crippen molar-refractivity contribution in [3.63, 3.8) is 0 Å². The van der Waals surface area contributed by atoms with E-state index in [1.165, 1.54) is 16.7 Å². The first kappa shape index (κ1) is 18.9. The minimum Gasteiger partial charge on any atom is -0.481 e. The van der Waals surface area contributed by atoms with E-state index >= 15 is 0 Å². The van der Waals surface area contributed by atoms with Crippen LogP contribution in [0.15, 0.2) is 53.4 Å². The number of halogens is 1. The third kappa shape index (κ3) is 4.25. The first-order valence-electron chi connectivity index (χ1n) is 7.43. The number of aliphatic carboxylic acids is 1. The van der Waals surface area contributed by atoms with Crippen molar-refractivity contribution in [2.45, 2.75) is 0 Å². The number of benzene rings is 2. The van der Waals surface area contributed by atoms with Crippen LogP contribution in [0.25, 0.3) is 6.08 Å².